The van der Waals surface area contributed by atoms with E-state index in [0.29, 0.717) is 6.42 Å². The number of carbonyl (C=O) groups excluding carboxylic acids is 3. The van der Waals surface area contributed by atoms with Crippen LogP contribution in [-0.4, -0.2) is 57.4 Å². The molecule has 2 heterocycles. The zero-order valence-electron chi connectivity index (χ0n) is 20.9. The van der Waals surface area contributed by atoms with Crippen molar-refractivity contribution in [3.05, 3.63) is 40.9 Å². The van der Waals surface area contributed by atoms with E-state index in [1.165, 1.54) is 4.90 Å². The summed E-state index contributed by atoms with van der Waals surface area (Å²) in [5.74, 6) is -0.823. The van der Waals surface area contributed by atoms with Crippen molar-refractivity contribution in [2.45, 2.75) is 84.0 Å². The number of benzene rings is 1. The minimum atomic E-state index is -0.778. The van der Waals surface area contributed by atoms with E-state index in [2.05, 4.69) is 15.6 Å². The van der Waals surface area contributed by atoms with E-state index in [1.54, 1.807) is 18.3 Å². The first kappa shape index (κ1) is 26.8. The first-order valence-corrected chi connectivity index (χ1v) is 13.2. The first-order valence-electron chi connectivity index (χ1n) is 12.3. The number of nitrogens with zero attached hydrogens (tertiary/aromatic N) is 2. The van der Waals surface area contributed by atoms with Crippen LogP contribution in [0.3, 0.4) is 0 Å². The molecule has 0 spiro atoms. The third kappa shape index (κ3) is 6.89. The number of carbonyl (C=O) groups is 3. The molecule has 1 aliphatic heterocycles. The van der Waals surface area contributed by atoms with Gasteiger partial charge in [0.25, 0.3) is 0 Å². The number of aromatic nitrogens is 1. The molecular formula is C26H36N4O4S. The van der Waals surface area contributed by atoms with Gasteiger partial charge in [0.1, 0.15) is 17.1 Å². The van der Waals surface area contributed by atoms with E-state index < -0.39 is 18.2 Å². The molecule has 1 aliphatic rings. The zero-order chi connectivity index (χ0) is 25.5. The number of aliphatic hydroxyl groups excluding tert-OH is 1. The SMILES string of the molecule is CCCC[C@H](NC(=O)CC)C(=O)N1C[C@H](O)C[C@H]1C(=O)N[C@@H](C)c1ccc(-c2nc(C)cs2)cc1. The third-order valence-electron chi connectivity index (χ3n) is 6.30. The van der Waals surface area contributed by atoms with Crippen LogP contribution in [0.1, 0.15) is 70.2 Å². The topological polar surface area (TPSA) is 112 Å². The molecule has 0 bridgehead atoms. The number of hydrogen-bond donors (Lipinski definition) is 3. The fourth-order valence-corrected chi connectivity index (χ4v) is 5.07. The molecular weight excluding hydrogens is 464 g/mol. The maximum atomic E-state index is 13.3. The van der Waals surface area contributed by atoms with Gasteiger partial charge < -0.3 is 20.6 Å². The third-order valence-corrected chi connectivity index (χ3v) is 7.31. The predicted molar refractivity (Wildman–Crippen MR) is 137 cm³/mol. The summed E-state index contributed by atoms with van der Waals surface area (Å²) < 4.78 is 0. The van der Waals surface area contributed by atoms with Gasteiger partial charge in [-0.3, -0.25) is 14.4 Å². The summed E-state index contributed by atoms with van der Waals surface area (Å²) in [4.78, 5) is 44.4. The Morgan fingerprint density at radius 3 is 2.51 bits per heavy atom. The number of β-amino-alcohol motifs (C(OH)–C–C–N with tert-alkyl or cyclic N) is 1. The highest BCUT2D eigenvalue weighted by atomic mass is 32.1. The Bertz CT molecular complexity index is 1020. The molecule has 3 N–H and O–H groups in total. The quantitative estimate of drug-likeness (QED) is 0.463. The second-order valence-corrected chi connectivity index (χ2v) is 10.0. The number of unbranched alkanes of at least 4 members (excludes halogenated alkanes) is 1. The molecule has 0 saturated carbocycles. The van der Waals surface area contributed by atoms with Crippen LogP contribution in [0, 0.1) is 6.92 Å². The minimum Gasteiger partial charge on any atom is -0.391 e. The van der Waals surface area contributed by atoms with E-state index >= 15 is 0 Å². The average molecular weight is 501 g/mol. The molecule has 3 rings (SSSR count). The van der Waals surface area contributed by atoms with Gasteiger partial charge in [0.2, 0.25) is 17.7 Å². The molecule has 0 aliphatic carbocycles. The molecule has 1 aromatic carbocycles. The number of aliphatic hydroxyl groups is 1. The Hall–Kier alpha value is -2.78. The Morgan fingerprint density at radius 2 is 1.91 bits per heavy atom. The lowest BCUT2D eigenvalue weighted by Gasteiger charge is -2.29. The van der Waals surface area contributed by atoms with Crippen LogP contribution in [0.4, 0.5) is 0 Å². The number of rotatable bonds is 10. The highest BCUT2D eigenvalue weighted by Crippen LogP contribution is 2.26. The van der Waals surface area contributed by atoms with E-state index in [9.17, 15) is 19.5 Å². The molecule has 4 atom stereocenters. The van der Waals surface area contributed by atoms with Gasteiger partial charge in [-0.1, -0.05) is 51.0 Å². The molecule has 35 heavy (non-hydrogen) atoms. The molecule has 1 fully saturated rings. The molecule has 9 heteroatoms. The van der Waals surface area contributed by atoms with Crippen molar-refractivity contribution < 1.29 is 19.5 Å². The van der Waals surface area contributed by atoms with Gasteiger partial charge in [-0.05, 0) is 25.8 Å². The van der Waals surface area contributed by atoms with Gasteiger partial charge in [-0.15, -0.1) is 11.3 Å². The maximum absolute atomic E-state index is 13.3. The molecule has 0 radical (unpaired) electrons. The Labute approximate surface area is 211 Å². The molecule has 1 saturated heterocycles. The lowest BCUT2D eigenvalue weighted by atomic mass is 10.0. The van der Waals surface area contributed by atoms with Gasteiger partial charge in [0.05, 0.1) is 12.1 Å². The lowest BCUT2D eigenvalue weighted by molar-refractivity contribution is -0.141. The second-order valence-electron chi connectivity index (χ2n) is 9.16. The molecule has 3 amide bonds. The standard InChI is InChI=1S/C26H36N4O4S/c1-5-7-8-21(29-23(32)6-2)26(34)30-14-20(31)13-22(30)24(33)28-17(4)18-9-11-19(12-10-18)25-27-16(3)15-35-25/h9-12,15,17,20-22,31H,5-8,13-14H2,1-4H3,(H,28,33)(H,29,32)/t17-,20+,21-,22-/m0/s1. The van der Waals surface area contributed by atoms with Gasteiger partial charge in [-0.25, -0.2) is 4.98 Å². The van der Waals surface area contributed by atoms with Crippen molar-refractivity contribution in [2.24, 2.45) is 0 Å². The summed E-state index contributed by atoms with van der Waals surface area (Å²) in [5.41, 5.74) is 2.94. The average Bonchev–Trinajstić information content (AvgIpc) is 3.46. The maximum Gasteiger partial charge on any atom is 0.245 e. The van der Waals surface area contributed by atoms with Gasteiger partial charge in [-0.2, -0.15) is 0 Å². The minimum absolute atomic E-state index is 0.0812. The number of amides is 3. The summed E-state index contributed by atoms with van der Waals surface area (Å²) in [7, 11) is 0. The number of thiazole rings is 1. The van der Waals surface area contributed by atoms with Crippen molar-refractivity contribution >= 4 is 29.1 Å². The van der Waals surface area contributed by atoms with E-state index in [-0.39, 0.29) is 43.1 Å². The molecule has 8 nitrogen and oxygen atoms in total. The molecule has 0 unspecified atom stereocenters. The largest absolute Gasteiger partial charge is 0.391 e. The summed E-state index contributed by atoms with van der Waals surface area (Å²) in [5, 5.41) is 19.0. The van der Waals surface area contributed by atoms with Crippen molar-refractivity contribution in [1.29, 1.82) is 0 Å². The van der Waals surface area contributed by atoms with E-state index in [0.717, 1.165) is 34.7 Å². The highest BCUT2D eigenvalue weighted by molar-refractivity contribution is 7.13. The first-order chi connectivity index (χ1) is 16.7. The van der Waals surface area contributed by atoms with E-state index in [4.69, 9.17) is 0 Å². The smallest absolute Gasteiger partial charge is 0.245 e. The highest BCUT2D eigenvalue weighted by Gasteiger charge is 2.41. The van der Waals surface area contributed by atoms with Crippen LogP contribution in [-0.2, 0) is 14.4 Å². The van der Waals surface area contributed by atoms with Crippen molar-refractivity contribution in [1.82, 2.24) is 20.5 Å². The molecule has 1 aromatic heterocycles. The van der Waals surface area contributed by atoms with Crippen molar-refractivity contribution in [3.8, 4) is 10.6 Å². The summed E-state index contributed by atoms with van der Waals surface area (Å²) in [6.45, 7) is 7.69. The van der Waals surface area contributed by atoms with Gasteiger partial charge in [0.15, 0.2) is 0 Å². The Kier molecular flexibility index (Phi) is 9.40. The zero-order valence-corrected chi connectivity index (χ0v) is 21.7. The van der Waals surface area contributed by atoms with Crippen LogP contribution in [0.25, 0.3) is 10.6 Å². The van der Waals surface area contributed by atoms with Crippen molar-refractivity contribution in [2.75, 3.05) is 6.54 Å². The van der Waals surface area contributed by atoms with E-state index in [1.807, 2.05) is 50.4 Å². The fraction of sp³-hybridized carbons (Fsp3) is 0.538. The Balaban J connectivity index is 1.68. The van der Waals surface area contributed by atoms with Gasteiger partial charge >= 0.3 is 0 Å². The monoisotopic (exact) mass is 500 g/mol. The summed E-state index contributed by atoms with van der Waals surface area (Å²) in [6.07, 6.45) is 1.84. The second kappa shape index (κ2) is 12.3. The number of likely N-dealkylation sites (tertiary alicyclic amines) is 1. The predicted octanol–water partition coefficient (Wildman–Crippen LogP) is 3.34. The lowest BCUT2D eigenvalue weighted by Crippen LogP contribution is -2.53. The normalized spacial score (nSPS) is 19.3. The Morgan fingerprint density at radius 1 is 1.20 bits per heavy atom. The summed E-state index contributed by atoms with van der Waals surface area (Å²) in [6, 6.07) is 6.15. The van der Waals surface area contributed by atoms with Crippen LogP contribution in [0.5, 0.6) is 0 Å². The molecule has 190 valence electrons. The van der Waals surface area contributed by atoms with Crippen LogP contribution >= 0.6 is 11.3 Å². The number of nitrogens with one attached hydrogen (secondary N) is 2. The fourth-order valence-electron chi connectivity index (χ4n) is 4.26. The van der Waals surface area contributed by atoms with Gasteiger partial charge in [0, 0.05) is 36.0 Å². The van der Waals surface area contributed by atoms with Crippen LogP contribution in [0.2, 0.25) is 0 Å². The van der Waals surface area contributed by atoms with Crippen molar-refractivity contribution in [3.63, 3.8) is 0 Å². The number of hydrogen-bond acceptors (Lipinski definition) is 6. The number of aryl methyl sites for hydroxylation is 1. The van der Waals surface area contributed by atoms with Crippen LogP contribution < -0.4 is 10.6 Å². The summed E-state index contributed by atoms with van der Waals surface area (Å²) >= 11 is 1.59. The van der Waals surface area contributed by atoms with Crippen LogP contribution in [0.15, 0.2) is 29.6 Å². The molecule has 2 aromatic rings.